The molecule has 3 aromatic rings. The summed E-state index contributed by atoms with van der Waals surface area (Å²) < 4.78 is 7.33. The van der Waals surface area contributed by atoms with Gasteiger partial charge in [0, 0.05) is 12.1 Å². The number of amides is 1. The molecule has 152 valence electrons. The second-order valence-electron chi connectivity index (χ2n) is 6.95. The van der Waals surface area contributed by atoms with Gasteiger partial charge in [-0.15, -0.1) is 24.8 Å². The number of nitrogens with one attached hydrogen (secondary N) is 2. The van der Waals surface area contributed by atoms with E-state index in [1.807, 2.05) is 30.7 Å². The number of hydrogen-bond donors (Lipinski definition) is 2. The Bertz CT molecular complexity index is 918. The fraction of sp³-hybridized carbons (Fsp3) is 0.421. The first-order valence-electron chi connectivity index (χ1n) is 9.07. The summed E-state index contributed by atoms with van der Waals surface area (Å²) in [5, 5.41) is 11.7. The second-order valence-corrected chi connectivity index (χ2v) is 6.95. The zero-order valence-electron chi connectivity index (χ0n) is 15.8. The molecule has 0 aliphatic carbocycles. The number of piperidine rings is 1. The van der Waals surface area contributed by atoms with Gasteiger partial charge in [-0.1, -0.05) is 0 Å². The summed E-state index contributed by atoms with van der Waals surface area (Å²) in [6, 6.07) is 5.80. The van der Waals surface area contributed by atoms with E-state index in [0.717, 1.165) is 31.3 Å². The molecule has 0 unspecified atom stereocenters. The van der Waals surface area contributed by atoms with E-state index in [9.17, 15) is 4.79 Å². The van der Waals surface area contributed by atoms with Crippen LogP contribution in [-0.4, -0.2) is 39.8 Å². The van der Waals surface area contributed by atoms with E-state index in [1.54, 1.807) is 18.5 Å². The van der Waals surface area contributed by atoms with E-state index in [0.29, 0.717) is 22.7 Å². The average molecular weight is 426 g/mol. The van der Waals surface area contributed by atoms with Crippen molar-refractivity contribution in [1.82, 2.24) is 25.4 Å². The lowest BCUT2D eigenvalue weighted by Gasteiger charge is -2.23. The third-order valence-corrected chi connectivity index (χ3v) is 4.75. The lowest BCUT2D eigenvalue weighted by Crippen LogP contribution is -2.42. The summed E-state index contributed by atoms with van der Waals surface area (Å²) >= 11 is 0. The molecule has 1 aliphatic heterocycles. The van der Waals surface area contributed by atoms with Crippen LogP contribution in [0.1, 0.15) is 43.1 Å². The smallest absolute Gasteiger partial charge is 0.252 e. The average Bonchev–Trinajstić information content (AvgIpc) is 3.31. The van der Waals surface area contributed by atoms with Gasteiger partial charge in [-0.2, -0.15) is 5.10 Å². The molecule has 1 amide bonds. The number of nitrogens with zero attached hydrogens (tertiary/aromatic N) is 3. The molecule has 0 radical (unpaired) electrons. The molecule has 28 heavy (non-hydrogen) atoms. The fourth-order valence-electron chi connectivity index (χ4n) is 3.36. The molecule has 0 saturated carbocycles. The number of fused-ring (bicyclic) bond motifs is 1. The Morgan fingerprint density at radius 1 is 1.32 bits per heavy atom. The predicted molar refractivity (Wildman–Crippen MR) is 113 cm³/mol. The number of aromatic nitrogens is 3. The minimum Gasteiger partial charge on any atom is -0.463 e. The van der Waals surface area contributed by atoms with Crippen molar-refractivity contribution >= 4 is 41.8 Å². The van der Waals surface area contributed by atoms with Gasteiger partial charge in [0.1, 0.15) is 5.69 Å². The topological polar surface area (TPSA) is 85.0 Å². The van der Waals surface area contributed by atoms with Crippen LogP contribution in [0.2, 0.25) is 0 Å². The van der Waals surface area contributed by atoms with Crippen LogP contribution >= 0.6 is 24.8 Å². The molecule has 2 N–H and O–H groups in total. The van der Waals surface area contributed by atoms with Crippen LogP contribution in [0.5, 0.6) is 0 Å². The van der Waals surface area contributed by atoms with Crippen molar-refractivity contribution in [3.63, 3.8) is 0 Å². The van der Waals surface area contributed by atoms with E-state index in [-0.39, 0.29) is 42.8 Å². The van der Waals surface area contributed by atoms with E-state index in [2.05, 4.69) is 15.7 Å². The molecule has 0 aromatic carbocycles. The van der Waals surface area contributed by atoms with Crippen LogP contribution in [0.3, 0.4) is 0 Å². The van der Waals surface area contributed by atoms with Crippen LogP contribution in [0.15, 0.2) is 35.1 Å². The Morgan fingerprint density at radius 3 is 2.71 bits per heavy atom. The number of furan rings is 1. The van der Waals surface area contributed by atoms with Gasteiger partial charge in [0.05, 0.1) is 23.4 Å². The number of hydrogen-bond acceptors (Lipinski definition) is 5. The summed E-state index contributed by atoms with van der Waals surface area (Å²) in [5.74, 6) is 0.555. The Hall–Kier alpha value is -2.09. The monoisotopic (exact) mass is 425 g/mol. The molecule has 0 spiro atoms. The Kier molecular flexibility index (Phi) is 7.46. The van der Waals surface area contributed by atoms with Crippen LogP contribution in [0, 0.1) is 0 Å². The first-order valence-corrected chi connectivity index (χ1v) is 9.07. The van der Waals surface area contributed by atoms with Gasteiger partial charge >= 0.3 is 0 Å². The van der Waals surface area contributed by atoms with Crippen molar-refractivity contribution in [3.8, 4) is 11.5 Å². The molecule has 4 rings (SSSR count). The van der Waals surface area contributed by atoms with Crippen molar-refractivity contribution in [2.45, 2.75) is 38.8 Å². The number of carbonyl (C=O) groups is 1. The first-order chi connectivity index (χ1) is 12.6. The number of carbonyl (C=O) groups excluding carboxylic acids is 1. The first kappa shape index (κ1) is 22.2. The lowest BCUT2D eigenvalue weighted by atomic mass is 10.0. The second kappa shape index (κ2) is 9.41. The maximum absolute atomic E-state index is 13.0. The number of pyridine rings is 1. The molecule has 9 heteroatoms. The summed E-state index contributed by atoms with van der Waals surface area (Å²) in [7, 11) is 0. The highest BCUT2D eigenvalue weighted by Gasteiger charge is 2.22. The van der Waals surface area contributed by atoms with Crippen LogP contribution in [-0.2, 0) is 0 Å². The maximum Gasteiger partial charge on any atom is 0.252 e. The maximum atomic E-state index is 13.0. The quantitative estimate of drug-likeness (QED) is 0.666. The van der Waals surface area contributed by atoms with E-state index >= 15 is 0 Å². The Balaban J connectivity index is 0.00000140. The van der Waals surface area contributed by atoms with Gasteiger partial charge in [-0.05, 0) is 58.0 Å². The minimum atomic E-state index is -0.0830. The highest BCUT2D eigenvalue weighted by Crippen LogP contribution is 2.26. The molecule has 7 nitrogen and oxygen atoms in total. The van der Waals surface area contributed by atoms with Crippen LogP contribution in [0.4, 0.5) is 0 Å². The molecule has 0 atom stereocenters. The molecule has 1 saturated heterocycles. The number of halogens is 2. The van der Waals surface area contributed by atoms with Crippen LogP contribution in [0.25, 0.3) is 22.5 Å². The zero-order valence-corrected chi connectivity index (χ0v) is 17.5. The van der Waals surface area contributed by atoms with E-state index in [1.165, 1.54) is 0 Å². The Labute approximate surface area is 176 Å². The Morgan fingerprint density at radius 2 is 2.07 bits per heavy atom. The third-order valence-electron chi connectivity index (χ3n) is 4.75. The molecular formula is C19H25Cl2N5O2. The van der Waals surface area contributed by atoms with Crippen molar-refractivity contribution in [1.29, 1.82) is 0 Å². The molecule has 1 fully saturated rings. The van der Waals surface area contributed by atoms with Gasteiger partial charge in [0.25, 0.3) is 5.91 Å². The molecule has 3 aromatic heterocycles. The number of rotatable bonds is 4. The summed E-state index contributed by atoms with van der Waals surface area (Å²) in [4.78, 5) is 17.7. The lowest BCUT2D eigenvalue weighted by molar-refractivity contribution is 0.0931. The van der Waals surface area contributed by atoms with Gasteiger partial charge < -0.3 is 15.1 Å². The van der Waals surface area contributed by atoms with Gasteiger partial charge in [-0.25, -0.2) is 9.67 Å². The SMILES string of the molecule is CC(C)n1ncc2c(C(=O)NC3CCNCC3)cc(-c3ccco3)nc21.Cl.Cl. The third kappa shape index (κ3) is 4.32. The fourth-order valence-corrected chi connectivity index (χ4v) is 3.36. The zero-order chi connectivity index (χ0) is 18.1. The normalized spacial score (nSPS) is 14.5. The molecule has 4 heterocycles. The highest BCUT2D eigenvalue weighted by molar-refractivity contribution is 6.06. The summed E-state index contributed by atoms with van der Waals surface area (Å²) in [6.07, 6.45) is 5.22. The molecule has 1 aliphatic rings. The van der Waals surface area contributed by atoms with Crippen molar-refractivity contribution < 1.29 is 9.21 Å². The highest BCUT2D eigenvalue weighted by atomic mass is 35.5. The summed E-state index contributed by atoms with van der Waals surface area (Å²) in [6.45, 7) is 5.95. The minimum absolute atomic E-state index is 0. The van der Waals surface area contributed by atoms with E-state index in [4.69, 9.17) is 9.40 Å². The largest absolute Gasteiger partial charge is 0.463 e. The van der Waals surface area contributed by atoms with Crippen molar-refractivity contribution in [2.24, 2.45) is 0 Å². The van der Waals surface area contributed by atoms with Gasteiger partial charge in [-0.3, -0.25) is 4.79 Å². The van der Waals surface area contributed by atoms with E-state index < -0.39 is 0 Å². The van der Waals surface area contributed by atoms with Gasteiger partial charge in [0.15, 0.2) is 11.4 Å². The molecular weight excluding hydrogens is 401 g/mol. The van der Waals surface area contributed by atoms with Crippen molar-refractivity contribution in [2.75, 3.05) is 13.1 Å². The standard InChI is InChI=1S/C19H23N5O2.2ClH/c1-12(2)24-18-15(11-21-24)14(10-16(23-18)17-4-3-9-26-17)19(25)22-13-5-7-20-8-6-13;;/h3-4,9-13,20H,5-8H2,1-2H3,(H,22,25);2*1H. The molecule has 0 bridgehead atoms. The predicted octanol–water partition coefficient (Wildman–Crippen LogP) is 3.60. The van der Waals surface area contributed by atoms with Gasteiger partial charge in [0.2, 0.25) is 0 Å². The van der Waals surface area contributed by atoms with Crippen LogP contribution < -0.4 is 10.6 Å². The van der Waals surface area contributed by atoms with Crippen molar-refractivity contribution in [3.05, 3.63) is 36.2 Å². The summed E-state index contributed by atoms with van der Waals surface area (Å²) in [5.41, 5.74) is 1.93.